The first-order valence-corrected chi connectivity index (χ1v) is 16.4. The molecule has 11 rings (SSSR count). The Bertz CT molecular complexity index is 3110. The van der Waals surface area contributed by atoms with Crippen molar-refractivity contribution in [1.29, 1.82) is 0 Å². The molecule has 0 spiro atoms. The molecule has 5 heteroatoms. The Hall–Kier alpha value is -6.72. The average molecular weight is 628 g/mol. The smallest absolute Gasteiger partial charge is 0.164 e. The lowest BCUT2D eigenvalue weighted by molar-refractivity contribution is 0.669. The van der Waals surface area contributed by atoms with Crippen LogP contribution in [0.3, 0.4) is 0 Å². The summed E-state index contributed by atoms with van der Waals surface area (Å²) in [4.78, 5) is 10.4. The summed E-state index contributed by atoms with van der Waals surface area (Å²) in [6.07, 6.45) is 0. The maximum Gasteiger partial charge on any atom is 0.164 e. The van der Waals surface area contributed by atoms with Gasteiger partial charge in [-0.15, -0.1) is 0 Å². The molecule has 49 heavy (non-hydrogen) atoms. The molecule has 228 valence electrons. The van der Waals surface area contributed by atoms with E-state index in [1.54, 1.807) is 0 Å². The lowest BCUT2D eigenvalue weighted by Gasteiger charge is -2.10. The van der Waals surface area contributed by atoms with E-state index >= 15 is 0 Å². The van der Waals surface area contributed by atoms with Crippen LogP contribution in [0.25, 0.3) is 105 Å². The van der Waals surface area contributed by atoms with E-state index in [0.29, 0.717) is 5.82 Å². The van der Waals surface area contributed by atoms with Crippen molar-refractivity contribution in [2.24, 2.45) is 0 Å². The van der Waals surface area contributed by atoms with E-state index in [1.165, 1.54) is 0 Å². The lowest BCUT2D eigenvalue weighted by atomic mass is 10.0. The third-order valence-electron chi connectivity index (χ3n) is 9.81. The van der Waals surface area contributed by atoms with Crippen molar-refractivity contribution in [1.82, 2.24) is 14.5 Å². The van der Waals surface area contributed by atoms with Crippen molar-refractivity contribution >= 4 is 76.6 Å². The van der Waals surface area contributed by atoms with Crippen LogP contribution >= 0.6 is 0 Å². The first-order chi connectivity index (χ1) is 24.3. The lowest BCUT2D eigenvalue weighted by Crippen LogP contribution is -1.95. The van der Waals surface area contributed by atoms with Crippen LogP contribution < -0.4 is 0 Å². The predicted octanol–water partition coefficient (Wildman–Crippen LogP) is 11.9. The molecule has 0 aliphatic carbocycles. The Morgan fingerprint density at radius 2 is 1.18 bits per heavy atom. The van der Waals surface area contributed by atoms with Crippen molar-refractivity contribution in [2.75, 3.05) is 0 Å². The molecule has 0 saturated carbocycles. The zero-order valence-electron chi connectivity index (χ0n) is 26.1. The van der Waals surface area contributed by atoms with Crippen molar-refractivity contribution in [3.63, 3.8) is 0 Å². The Kier molecular flexibility index (Phi) is 5.32. The second kappa shape index (κ2) is 9.89. The van der Waals surface area contributed by atoms with Gasteiger partial charge in [-0.05, 0) is 66.7 Å². The molecule has 0 N–H and O–H groups in total. The monoisotopic (exact) mass is 627 g/mol. The Morgan fingerprint density at radius 3 is 2.10 bits per heavy atom. The van der Waals surface area contributed by atoms with E-state index in [1.807, 2.05) is 36.4 Å². The van der Waals surface area contributed by atoms with Gasteiger partial charge in [0, 0.05) is 43.6 Å². The van der Waals surface area contributed by atoms with Crippen LogP contribution in [0.4, 0.5) is 0 Å². The minimum Gasteiger partial charge on any atom is -0.456 e. The molecule has 0 fully saturated rings. The molecule has 4 aromatic heterocycles. The highest BCUT2D eigenvalue weighted by molar-refractivity contribution is 6.24. The van der Waals surface area contributed by atoms with Crippen LogP contribution in [0.2, 0.25) is 0 Å². The van der Waals surface area contributed by atoms with Crippen LogP contribution in [0.5, 0.6) is 0 Å². The second-order valence-electron chi connectivity index (χ2n) is 12.5. The van der Waals surface area contributed by atoms with E-state index in [-0.39, 0.29) is 0 Å². The zero-order valence-corrected chi connectivity index (χ0v) is 26.1. The topological polar surface area (TPSA) is 57.0 Å². The van der Waals surface area contributed by atoms with Gasteiger partial charge in [-0.1, -0.05) is 84.9 Å². The average Bonchev–Trinajstić information content (AvgIpc) is 3.84. The number of benzene rings is 7. The summed E-state index contributed by atoms with van der Waals surface area (Å²) < 4.78 is 15.4. The van der Waals surface area contributed by atoms with Crippen molar-refractivity contribution < 1.29 is 8.83 Å². The fraction of sp³-hybridized carbons (Fsp3) is 0. The summed E-state index contributed by atoms with van der Waals surface area (Å²) >= 11 is 0. The van der Waals surface area contributed by atoms with E-state index in [9.17, 15) is 0 Å². The third-order valence-corrected chi connectivity index (χ3v) is 9.81. The van der Waals surface area contributed by atoms with Crippen LogP contribution in [0, 0.1) is 0 Å². The Balaban J connectivity index is 1.18. The van der Waals surface area contributed by atoms with Crippen molar-refractivity contribution in [3.05, 3.63) is 152 Å². The molecular formula is C44H25N3O2. The largest absolute Gasteiger partial charge is 0.456 e. The maximum atomic E-state index is 6.96. The molecule has 0 amide bonds. The Labute approximate surface area is 279 Å². The SMILES string of the molecule is c1ccc(-n2c3ccccc3c3c4oc5c(-c6nc(-c7ccc8oc9ccccc9c8c7)c7ccccc7n6)cccc5c4ccc32)cc1. The van der Waals surface area contributed by atoms with Crippen LogP contribution in [0.15, 0.2) is 160 Å². The standard InChI is InChI=1S/C44H25N3O2/c1-2-11-27(12-3-1)47-36-19-8-5-15-32(36)40-37(47)23-22-30-29-16-10-17-33(42(29)49-43(30)40)44-45-35-18-7-4-14-31(35)41(46-44)26-21-24-39-34(25-26)28-13-6-9-20-38(28)48-39/h1-25H. The predicted molar refractivity (Wildman–Crippen MR) is 199 cm³/mol. The van der Waals surface area contributed by atoms with Gasteiger partial charge >= 0.3 is 0 Å². The molecule has 0 atom stereocenters. The molecule has 0 saturated heterocycles. The van der Waals surface area contributed by atoms with Gasteiger partial charge in [0.2, 0.25) is 0 Å². The van der Waals surface area contributed by atoms with Gasteiger partial charge in [0.25, 0.3) is 0 Å². The normalized spacial score (nSPS) is 12.1. The van der Waals surface area contributed by atoms with Crippen LogP contribution in [-0.2, 0) is 0 Å². The van der Waals surface area contributed by atoms with Gasteiger partial charge in [0.1, 0.15) is 22.3 Å². The number of rotatable bonds is 3. The van der Waals surface area contributed by atoms with Gasteiger partial charge in [-0.3, -0.25) is 0 Å². The number of aromatic nitrogens is 3. The molecule has 7 aromatic carbocycles. The molecular weight excluding hydrogens is 603 g/mol. The van der Waals surface area contributed by atoms with E-state index in [0.717, 1.165) is 99.1 Å². The number of hydrogen-bond acceptors (Lipinski definition) is 4. The number of nitrogens with zero attached hydrogens (tertiary/aromatic N) is 3. The van der Waals surface area contributed by atoms with Gasteiger partial charge in [-0.25, -0.2) is 9.97 Å². The first kappa shape index (κ1) is 26.4. The first-order valence-electron chi connectivity index (χ1n) is 16.4. The van der Waals surface area contributed by atoms with Crippen LogP contribution in [-0.4, -0.2) is 14.5 Å². The van der Waals surface area contributed by atoms with Crippen molar-refractivity contribution in [3.8, 4) is 28.3 Å². The van der Waals surface area contributed by atoms with Crippen molar-refractivity contribution in [2.45, 2.75) is 0 Å². The fourth-order valence-electron chi connectivity index (χ4n) is 7.63. The molecule has 11 aromatic rings. The summed E-state index contributed by atoms with van der Waals surface area (Å²) in [5, 5.41) is 7.50. The summed E-state index contributed by atoms with van der Waals surface area (Å²) in [5.74, 6) is 0.624. The zero-order chi connectivity index (χ0) is 32.1. The van der Waals surface area contributed by atoms with E-state index in [2.05, 4.69) is 120 Å². The highest BCUT2D eigenvalue weighted by Crippen LogP contribution is 2.43. The summed E-state index contributed by atoms with van der Waals surface area (Å²) in [6, 6.07) is 52.4. The third kappa shape index (κ3) is 3.75. The molecule has 0 aliphatic heterocycles. The number of hydrogen-bond donors (Lipinski definition) is 0. The molecule has 5 nitrogen and oxygen atoms in total. The maximum absolute atomic E-state index is 6.96. The summed E-state index contributed by atoms with van der Waals surface area (Å²) in [7, 11) is 0. The highest BCUT2D eigenvalue weighted by Gasteiger charge is 2.22. The molecule has 0 unspecified atom stereocenters. The summed E-state index contributed by atoms with van der Waals surface area (Å²) in [6.45, 7) is 0. The van der Waals surface area contributed by atoms with E-state index in [4.69, 9.17) is 18.8 Å². The molecule has 4 heterocycles. The van der Waals surface area contributed by atoms with Gasteiger partial charge in [0.15, 0.2) is 5.82 Å². The Morgan fingerprint density at radius 1 is 0.449 bits per heavy atom. The minimum atomic E-state index is 0.624. The van der Waals surface area contributed by atoms with Gasteiger partial charge in [-0.2, -0.15) is 0 Å². The number of para-hydroxylation sites is 5. The quantitative estimate of drug-likeness (QED) is 0.196. The highest BCUT2D eigenvalue weighted by atomic mass is 16.3. The molecule has 0 aliphatic rings. The van der Waals surface area contributed by atoms with Gasteiger partial charge in [0.05, 0.1) is 33.2 Å². The molecule has 0 radical (unpaired) electrons. The van der Waals surface area contributed by atoms with Gasteiger partial charge < -0.3 is 13.4 Å². The summed E-state index contributed by atoms with van der Waals surface area (Å²) in [5.41, 5.74) is 10.3. The molecule has 0 bridgehead atoms. The minimum absolute atomic E-state index is 0.624. The number of fused-ring (bicyclic) bond motifs is 11. The second-order valence-corrected chi connectivity index (χ2v) is 12.5. The van der Waals surface area contributed by atoms with Crippen LogP contribution in [0.1, 0.15) is 0 Å². The fourth-order valence-corrected chi connectivity index (χ4v) is 7.63. The number of furan rings is 2. The van der Waals surface area contributed by atoms with E-state index < -0.39 is 0 Å².